The fraction of sp³-hybridized carbons (Fsp3) is 0.652. The second kappa shape index (κ2) is 9.55. The van der Waals surface area contributed by atoms with Gasteiger partial charge in [0.05, 0.1) is 12.5 Å². The second-order valence-electron chi connectivity index (χ2n) is 8.48. The summed E-state index contributed by atoms with van der Waals surface area (Å²) in [4.78, 5) is 24.2. The number of hydrogen-bond acceptors (Lipinski definition) is 5. The van der Waals surface area contributed by atoms with Crippen molar-refractivity contribution in [1.29, 1.82) is 0 Å². The molecule has 1 N–H and O–H groups in total. The normalized spacial score (nSPS) is 36.7. The standard InChI is InChI=1S/C23H34O5/c1-15-7-6-8-16(2)20(25)14-19-11-12-23(5,28-22(26)13-17(19)3)21(10-9-15)27-18(4)24/h7-8,19-21,25H,3,6,9-14H2,1-2,4-5H3/b15-7+,16-8+/t19-,20+,21+,23-/m1/s1. The Kier molecular flexibility index (Phi) is 7.64. The molecule has 1 fully saturated rings. The van der Waals surface area contributed by atoms with E-state index in [4.69, 9.17) is 9.47 Å². The number of carbonyl (C=O) groups is 2. The minimum atomic E-state index is -0.887. The molecular formula is C23H34O5. The van der Waals surface area contributed by atoms with E-state index >= 15 is 0 Å². The molecule has 4 atom stereocenters. The summed E-state index contributed by atoms with van der Waals surface area (Å²) < 4.78 is 11.4. The lowest BCUT2D eigenvalue weighted by atomic mass is 9.79. The molecular weight excluding hydrogens is 356 g/mol. The van der Waals surface area contributed by atoms with Crippen molar-refractivity contribution in [3.05, 3.63) is 35.5 Å². The summed E-state index contributed by atoms with van der Waals surface area (Å²) >= 11 is 0. The Morgan fingerprint density at radius 1 is 1.32 bits per heavy atom. The highest BCUT2D eigenvalue weighted by atomic mass is 16.6. The van der Waals surface area contributed by atoms with Crippen LogP contribution in [0.4, 0.5) is 0 Å². The van der Waals surface area contributed by atoms with Crippen molar-refractivity contribution >= 4 is 11.9 Å². The van der Waals surface area contributed by atoms with Gasteiger partial charge in [0, 0.05) is 6.92 Å². The second-order valence-corrected chi connectivity index (χ2v) is 8.48. The van der Waals surface area contributed by atoms with Crippen molar-refractivity contribution < 1.29 is 24.2 Å². The molecule has 5 heteroatoms. The number of hydrogen-bond donors (Lipinski definition) is 1. The van der Waals surface area contributed by atoms with Gasteiger partial charge in [-0.25, -0.2) is 0 Å². The summed E-state index contributed by atoms with van der Waals surface area (Å²) in [5.74, 6) is -0.707. The first-order chi connectivity index (χ1) is 13.1. The molecule has 0 spiro atoms. The van der Waals surface area contributed by atoms with Crippen molar-refractivity contribution in [2.45, 2.75) is 90.4 Å². The van der Waals surface area contributed by atoms with Gasteiger partial charge in [-0.3, -0.25) is 9.59 Å². The first kappa shape index (κ1) is 22.4. The Hall–Kier alpha value is -1.88. The van der Waals surface area contributed by atoms with Gasteiger partial charge in [0.15, 0.2) is 0 Å². The van der Waals surface area contributed by atoms with Crippen LogP contribution in [0.25, 0.3) is 0 Å². The maximum absolute atomic E-state index is 12.5. The smallest absolute Gasteiger partial charge is 0.310 e. The fourth-order valence-corrected chi connectivity index (χ4v) is 4.04. The van der Waals surface area contributed by atoms with Gasteiger partial charge in [-0.1, -0.05) is 29.9 Å². The van der Waals surface area contributed by atoms with Crippen LogP contribution < -0.4 is 0 Å². The van der Waals surface area contributed by atoms with E-state index in [0.717, 1.165) is 30.4 Å². The molecule has 1 heterocycles. The lowest BCUT2D eigenvalue weighted by Crippen LogP contribution is -2.47. The Morgan fingerprint density at radius 3 is 2.71 bits per heavy atom. The quantitative estimate of drug-likeness (QED) is 0.530. The average Bonchev–Trinajstić information content (AvgIpc) is 2.59. The fourth-order valence-electron chi connectivity index (χ4n) is 4.04. The number of rotatable bonds is 1. The van der Waals surface area contributed by atoms with Crippen molar-refractivity contribution in [2.24, 2.45) is 5.92 Å². The van der Waals surface area contributed by atoms with Gasteiger partial charge in [-0.15, -0.1) is 0 Å². The van der Waals surface area contributed by atoms with Gasteiger partial charge in [-0.05, 0) is 70.8 Å². The molecule has 2 aliphatic rings. The van der Waals surface area contributed by atoms with E-state index in [9.17, 15) is 14.7 Å². The van der Waals surface area contributed by atoms with Crippen molar-refractivity contribution in [3.63, 3.8) is 0 Å². The Labute approximate surface area is 168 Å². The maximum Gasteiger partial charge on any atom is 0.310 e. The highest BCUT2D eigenvalue weighted by molar-refractivity contribution is 5.73. The maximum atomic E-state index is 12.5. The van der Waals surface area contributed by atoms with Crippen LogP contribution in [-0.2, 0) is 19.1 Å². The van der Waals surface area contributed by atoms with E-state index in [1.807, 2.05) is 26.8 Å². The average molecular weight is 391 g/mol. The van der Waals surface area contributed by atoms with Crippen molar-refractivity contribution in [3.8, 4) is 0 Å². The molecule has 0 unspecified atom stereocenters. The number of aliphatic hydroxyl groups is 1. The van der Waals surface area contributed by atoms with Crippen molar-refractivity contribution in [1.82, 2.24) is 0 Å². The van der Waals surface area contributed by atoms with E-state index in [1.54, 1.807) is 0 Å². The summed E-state index contributed by atoms with van der Waals surface area (Å²) in [5.41, 5.74) is 2.03. The van der Waals surface area contributed by atoms with Crippen LogP contribution in [0.2, 0.25) is 0 Å². The topological polar surface area (TPSA) is 72.8 Å². The Bertz CT molecular complexity index is 674. The number of esters is 2. The SMILES string of the molecule is C=C1CC(=O)O[C@]2(C)CC[C@@H]1C[C@H](O)/C(C)=C/C/C=C(\C)CC[C@@H]2OC(C)=O. The van der Waals surface area contributed by atoms with Crippen LogP contribution in [0.3, 0.4) is 0 Å². The highest BCUT2D eigenvalue weighted by Crippen LogP contribution is 2.37. The molecule has 2 bridgehead atoms. The zero-order valence-corrected chi connectivity index (χ0v) is 17.6. The zero-order valence-electron chi connectivity index (χ0n) is 17.6. The van der Waals surface area contributed by atoms with E-state index in [-0.39, 0.29) is 24.3 Å². The van der Waals surface area contributed by atoms with Gasteiger partial charge < -0.3 is 14.6 Å². The van der Waals surface area contributed by atoms with Crippen LogP contribution in [0.15, 0.2) is 35.5 Å². The molecule has 2 rings (SSSR count). The third-order valence-electron chi connectivity index (χ3n) is 6.01. The molecule has 1 saturated heterocycles. The first-order valence-corrected chi connectivity index (χ1v) is 10.2. The molecule has 28 heavy (non-hydrogen) atoms. The summed E-state index contributed by atoms with van der Waals surface area (Å²) in [7, 11) is 0. The largest absolute Gasteiger partial charge is 0.458 e. The number of fused-ring (bicyclic) bond motifs is 3. The number of ether oxygens (including phenoxy) is 2. The number of carbonyl (C=O) groups excluding carboxylic acids is 2. The number of allylic oxidation sites excluding steroid dienone is 3. The minimum Gasteiger partial charge on any atom is -0.458 e. The van der Waals surface area contributed by atoms with Crippen molar-refractivity contribution in [2.75, 3.05) is 0 Å². The lowest BCUT2D eigenvalue weighted by Gasteiger charge is -2.40. The summed E-state index contributed by atoms with van der Waals surface area (Å²) in [6.07, 6.45) is 7.14. The monoisotopic (exact) mass is 390 g/mol. The molecule has 0 saturated carbocycles. The van der Waals surface area contributed by atoms with E-state index in [2.05, 4.69) is 12.7 Å². The van der Waals surface area contributed by atoms with Crippen LogP contribution in [0, 0.1) is 5.92 Å². The Balaban J connectivity index is 2.40. The Morgan fingerprint density at radius 2 is 2.04 bits per heavy atom. The first-order valence-electron chi connectivity index (χ1n) is 10.2. The van der Waals surface area contributed by atoms with E-state index in [1.165, 1.54) is 12.5 Å². The molecule has 0 aromatic heterocycles. The van der Waals surface area contributed by atoms with Gasteiger partial charge in [-0.2, -0.15) is 0 Å². The summed E-state index contributed by atoms with van der Waals surface area (Å²) in [5, 5.41) is 10.6. The molecule has 0 radical (unpaired) electrons. The van der Waals surface area contributed by atoms with Crippen LogP contribution in [0.5, 0.6) is 0 Å². The van der Waals surface area contributed by atoms with E-state index in [0.29, 0.717) is 19.3 Å². The van der Waals surface area contributed by atoms with E-state index < -0.39 is 17.8 Å². The summed E-state index contributed by atoms with van der Waals surface area (Å²) in [6, 6.07) is 0. The molecule has 0 amide bonds. The van der Waals surface area contributed by atoms with Gasteiger partial charge in [0.25, 0.3) is 0 Å². The third kappa shape index (κ3) is 6.06. The van der Waals surface area contributed by atoms with Crippen LogP contribution in [-0.4, -0.2) is 34.9 Å². The molecule has 156 valence electrons. The molecule has 1 aliphatic heterocycles. The van der Waals surface area contributed by atoms with Gasteiger partial charge >= 0.3 is 11.9 Å². The number of aliphatic hydroxyl groups excluding tert-OH is 1. The van der Waals surface area contributed by atoms with Gasteiger partial charge in [0.2, 0.25) is 0 Å². The lowest BCUT2D eigenvalue weighted by molar-refractivity contribution is -0.186. The van der Waals surface area contributed by atoms with Crippen LogP contribution >= 0.6 is 0 Å². The molecule has 0 aromatic carbocycles. The van der Waals surface area contributed by atoms with Crippen LogP contribution in [0.1, 0.15) is 72.6 Å². The summed E-state index contributed by atoms with van der Waals surface area (Å²) in [6.45, 7) is 11.3. The minimum absolute atomic E-state index is 0.0173. The predicted molar refractivity (Wildman–Crippen MR) is 109 cm³/mol. The molecule has 1 aliphatic carbocycles. The third-order valence-corrected chi connectivity index (χ3v) is 6.01. The highest BCUT2D eigenvalue weighted by Gasteiger charge is 2.42. The molecule has 5 nitrogen and oxygen atoms in total. The predicted octanol–water partition coefficient (Wildman–Crippen LogP) is 4.40. The molecule has 0 aromatic rings. The zero-order chi connectivity index (χ0) is 20.9. The van der Waals surface area contributed by atoms with Gasteiger partial charge in [0.1, 0.15) is 11.7 Å².